The lowest BCUT2D eigenvalue weighted by molar-refractivity contribution is -0.114. The number of carbonyl (C=O) groups is 2. The summed E-state index contributed by atoms with van der Waals surface area (Å²) >= 11 is 0. The average Bonchev–Trinajstić information content (AvgIpc) is 2.68. The van der Waals surface area contributed by atoms with Crippen molar-refractivity contribution < 1.29 is 9.59 Å². The molecule has 0 aliphatic carbocycles. The van der Waals surface area contributed by atoms with Crippen LogP contribution < -0.4 is 16.0 Å². The second-order valence-corrected chi connectivity index (χ2v) is 6.88. The minimum atomic E-state index is -0.334. The molecule has 0 saturated heterocycles. The second-order valence-electron chi connectivity index (χ2n) is 6.88. The Hall–Kier alpha value is -3.74. The lowest BCUT2D eigenvalue weighted by Gasteiger charge is -2.13. The maximum Gasteiger partial charge on any atom is 0.258 e. The van der Waals surface area contributed by atoms with Crippen LogP contribution >= 0.6 is 0 Å². The molecule has 1 heterocycles. The molecule has 0 radical (unpaired) electrons. The Morgan fingerprint density at radius 3 is 2.21 bits per heavy atom. The molecule has 2 aromatic carbocycles. The van der Waals surface area contributed by atoms with Crippen LogP contribution in [0.2, 0.25) is 0 Å². The highest BCUT2D eigenvalue weighted by molar-refractivity contribution is 6.04. The Balaban J connectivity index is 1.69. The molecule has 0 aliphatic rings. The van der Waals surface area contributed by atoms with E-state index in [-0.39, 0.29) is 11.8 Å². The van der Waals surface area contributed by atoms with Gasteiger partial charge < -0.3 is 16.0 Å². The monoisotopic (exact) mass is 389 g/mol. The second kappa shape index (κ2) is 8.97. The number of aromatic nitrogens is 2. The first-order valence-electron chi connectivity index (χ1n) is 9.29. The van der Waals surface area contributed by atoms with Gasteiger partial charge in [0.25, 0.3) is 5.91 Å². The van der Waals surface area contributed by atoms with Crippen molar-refractivity contribution in [1.29, 1.82) is 0 Å². The molecule has 7 nitrogen and oxygen atoms in total. The third kappa shape index (κ3) is 5.38. The summed E-state index contributed by atoms with van der Waals surface area (Å²) in [5.74, 6) is 0.266. The van der Waals surface area contributed by atoms with Gasteiger partial charge >= 0.3 is 0 Å². The summed E-state index contributed by atoms with van der Waals surface area (Å²) in [6, 6.07) is 14.9. The summed E-state index contributed by atoms with van der Waals surface area (Å²) in [5.41, 5.74) is 3.60. The van der Waals surface area contributed by atoms with E-state index in [1.165, 1.54) is 19.3 Å². The predicted octanol–water partition coefficient (Wildman–Crippen LogP) is 4.55. The zero-order chi connectivity index (χ0) is 20.8. The molecule has 0 saturated carbocycles. The lowest BCUT2D eigenvalue weighted by Crippen LogP contribution is -2.13. The number of para-hydroxylation sites is 1. The van der Waals surface area contributed by atoms with Crippen molar-refractivity contribution in [2.45, 2.75) is 26.7 Å². The van der Waals surface area contributed by atoms with Gasteiger partial charge in [0, 0.05) is 36.4 Å². The molecule has 0 fully saturated rings. The van der Waals surface area contributed by atoms with Gasteiger partial charge in [0.1, 0.15) is 0 Å². The molecule has 3 rings (SSSR count). The summed E-state index contributed by atoms with van der Waals surface area (Å²) in [6.07, 6.45) is 2.95. The Bertz CT molecular complexity index is 1020. The molecule has 0 unspecified atom stereocenters. The number of nitrogens with one attached hydrogen (secondary N) is 3. The summed E-state index contributed by atoms with van der Waals surface area (Å²) in [6.45, 7) is 5.67. The van der Waals surface area contributed by atoms with E-state index >= 15 is 0 Å². The zero-order valence-corrected chi connectivity index (χ0v) is 16.6. The maximum absolute atomic E-state index is 12.5. The first kappa shape index (κ1) is 20.0. The molecule has 3 N–H and O–H groups in total. The van der Waals surface area contributed by atoms with Gasteiger partial charge in [-0.2, -0.15) is 0 Å². The third-order valence-corrected chi connectivity index (χ3v) is 4.18. The fourth-order valence-corrected chi connectivity index (χ4v) is 2.83. The van der Waals surface area contributed by atoms with E-state index in [0.29, 0.717) is 28.8 Å². The van der Waals surface area contributed by atoms with Crippen LogP contribution in [0.5, 0.6) is 0 Å². The Kier molecular flexibility index (Phi) is 6.19. The maximum atomic E-state index is 12.5. The Labute approximate surface area is 169 Å². The smallest absolute Gasteiger partial charge is 0.258 e. The molecule has 0 atom stereocenters. The van der Waals surface area contributed by atoms with Gasteiger partial charge in [-0.25, -0.2) is 9.97 Å². The van der Waals surface area contributed by atoms with Gasteiger partial charge in [0.2, 0.25) is 11.9 Å². The van der Waals surface area contributed by atoms with Gasteiger partial charge in [-0.15, -0.1) is 0 Å². The Morgan fingerprint density at radius 1 is 0.897 bits per heavy atom. The van der Waals surface area contributed by atoms with E-state index < -0.39 is 0 Å². The van der Waals surface area contributed by atoms with E-state index in [4.69, 9.17) is 0 Å². The molecule has 0 spiro atoms. The summed E-state index contributed by atoms with van der Waals surface area (Å²) < 4.78 is 0. The largest absolute Gasteiger partial charge is 0.326 e. The molecule has 7 heteroatoms. The van der Waals surface area contributed by atoms with Crippen LogP contribution in [0.3, 0.4) is 0 Å². The number of hydrogen-bond acceptors (Lipinski definition) is 5. The molecule has 1 aromatic heterocycles. The normalized spacial score (nSPS) is 10.5. The van der Waals surface area contributed by atoms with Crippen molar-refractivity contribution in [3.8, 4) is 0 Å². The van der Waals surface area contributed by atoms with E-state index in [0.717, 1.165) is 11.3 Å². The quantitative estimate of drug-likeness (QED) is 0.575. The van der Waals surface area contributed by atoms with Crippen LogP contribution in [-0.4, -0.2) is 21.8 Å². The molecular weight excluding hydrogens is 366 g/mol. The van der Waals surface area contributed by atoms with Gasteiger partial charge in [0.15, 0.2) is 0 Å². The standard InChI is InChI=1S/C22H23N5O2/c1-14(2)19-9-4-5-10-20(19)27-22-23-12-16(13-24-22)21(29)26-18-8-6-7-17(11-18)25-15(3)28/h4-14H,1-3H3,(H,25,28)(H,26,29)(H,23,24,27). The lowest BCUT2D eigenvalue weighted by atomic mass is 10.0. The fourth-order valence-electron chi connectivity index (χ4n) is 2.83. The van der Waals surface area contributed by atoms with Crippen molar-refractivity contribution >= 4 is 34.8 Å². The highest BCUT2D eigenvalue weighted by Gasteiger charge is 2.10. The van der Waals surface area contributed by atoms with Crippen molar-refractivity contribution in [2.75, 3.05) is 16.0 Å². The fraction of sp³-hybridized carbons (Fsp3) is 0.182. The van der Waals surface area contributed by atoms with E-state index in [1.54, 1.807) is 24.3 Å². The minimum absolute atomic E-state index is 0.177. The summed E-state index contributed by atoms with van der Waals surface area (Å²) in [7, 11) is 0. The van der Waals surface area contributed by atoms with Crippen LogP contribution in [0.1, 0.15) is 42.6 Å². The van der Waals surface area contributed by atoms with Gasteiger partial charge in [-0.05, 0) is 35.7 Å². The van der Waals surface area contributed by atoms with Crippen LogP contribution in [0.25, 0.3) is 0 Å². The number of hydrogen-bond donors (Lipinski definition) is 3. The number of nitrogens with zero attached hydrogens (tertiary/aromatic N) is 2. The van der Waals surface area contributed by atoms with Crippen molar-refractivity contribution in [3.63, 3.8) is 0 Å². The van der Waals surface area contributed by atoms with E-state index in [9.17, 15) is 9.59 Å². The van der Waals surface area contributed by atoms with Crippen LogP contribution in [0.15, 0.2) is 60.9 Å². The van der Waals surface area contributed by atoms with E-state index in [1.807, 2.05) is 18.2 Å². The highest BCUT2D eigenvalue weighted by Crippen LogP contribution is 2.25. The molecule has 0 aliphatic heterocycles. The Morgan fingerprint density at radius 2 is 1.55 bits per heavy atom. The van der Waals surface area contributed by atoms with Gasteiger partial charge in [-0.3, -0.25) is 9.59 Å². The first-order valence-corrected chi connectivity index (χ1v) is 9.29. The number of rotatable bonds is 6. The number of carbonyl (C=O) groups excluding carboxylic acids is 2. The van der Waals surface area contributed by atoms with E-state index in [2.05, 4.69) is 45.8 Å². The predicted molar refractivity (Wildman–Crippen MR) is 115 cm³/mol. The summed E-state index contributed by atoms with van der Waals surface area (Å²) in [4.78, 5) is 32.1. The molecule has 29 heavy (non-hydrogen) atoms. The van der Waals surface area contributed by atoms with Gasteiger partial charge in [0.05, 0.1) is 5.56 Å². The zero-order valence-electron chi connectivity index (χ0n) is 16.6. The molecule has 2 amide bonds. The van der Waals surface area contributed by atoms with Crippen LogP contribution in [0.4, 0.5) is 23.0 Å². The topological polar surface area (TPSA) is 96.0 Å². The average molecular weight is 389 g/mol. The molecule has 3 aromatic rings. The number of benzene rings is 2. The number of anilines is 4. The van der Waals surface area contributed by atoms with Crippen molar-refractivity contribution in [1.82, 2.24) is 9.97 Å². The highest BCUT2D eigenvalue weighted by atomic mass is 16.2. The summed E-state index contributed by atoms with van der Waals surface area (Å²) in [5, 5.41) is 8.65. The molecule has 148 valence electrons. The minimum Gasteiger partial charge on any atom is -0.326 e. The van der Waals surface area contributed by atoms with Gasteiger partial charge in [-0.1, -0.05) is 38.1 Å². The SMILES string of the molecule is CC(=O)Nc1cccc(NC(=O)c2cnc(Nc3ccccc3C(C)C)nc2)c1. The van der Waals surface area contributed by atoms with Crippen molar-refractivity contribution in [2.24, 2.45) is 0 Å². The first-order chi connectivity index (χ1) is 13.9. The molecular formula is C22H23N5O2. The molecule has 0 bridgehead atoms. The number of amides is 2. The van der Waals surface area contributed by atoms with Crippen LogP contribution in [0, 0.1) is 0 Å². The van der Waals surface area contributed by atoms with Crippen LogP contribution in [-0.2, 0) is 4.79 Å². The van der Waals surface area contributed by atoms with Crippen molar-refractivity contribution in [3.05, 3.63) is 72.1 Å². The third-order valence-electron chi connectivity index (χ3n) is 4.18.